The molecule has 1 heterocycles. The topological polar surface area (TPSA) is 81.9 Å². The summed E-state index contributed by atoms with van der Waals surface area (Å²) in [5, 5.41) is 12.1. The molecule has 0 aromatic heterocycles. The molecule has 214 valence electrons. The number of non-ortho nitro benzene ring substituents is 1. The second-order valence-electron chi connectivity index (χ2n) is 9.54. The Morgan fingerprint density at radius 2 is 1.38 bits per heavy atom. The van der Waals surface area contributed by atoms with Gasteiger partial charge in [-0.15, -0.1) is 0 Å². The summed E-state index contributed by atoms with van der Waals surface area (Å²) >= 11 is 12.2. The van der Waals surface area contributed by atoms with Crippen LogP contribution in [-0.4, -0.2) is 35.7 Å². The number of ether oxygens (including phenoxy) is 2. The Morgan fingerprint density at radius 3 is 1.88 bits per heavy atom. The van der Waals surface area contributed by atoms with E-state index in [-0.39, 0.29) is 29.6 Å². The van der Waals surface area contributed by atoms with Gasteiger partial charge in [0.2, 0.25) is 0 Å². The number of likely N-dealkylation sites (tertiary alicyclic amines) is 1. The summed E-state index contributed by atoms with van der Waals surface area (Å²) in [6, 6.07) is 22.8. The van der Waals surface area contributed by atoms with Gasteiger partial charge in [0.25, 0.3) is 5.69 Å². The predicted molar refractivity (Wildman–Crippen MR) is 155 cm³/mol. The predicted octanol–water partition coefficient (Wildman–Crippen LogP) is 8.25. The maximum Gasteiger partial charge on any atom is 0.514 e. The number of nitro groups is 1. The summed E-state index contributed by atoms with van der Waals surface area (Å²) in [7, 11) is 0. The molecular weight excluding hydrogens is 589 g/mol. The molecule has 0 saturated carbocycles. The molecule has 0 unspecified atom stereocenters. The number of benzene rings is 4. The average molecular weight is 611 g/mol. The maximum absolute atomic E-state index is 14.2. The van der Waals surface area contributed by atoms with Crippen LogP contribution >= 0.6 is 23.2 Å². The molecule has 1 aliphatic heterocycles. The van der Waals surface area contributed by atoms with E-state index in [1.807, 2.05) is 48.5 Å². The largest absolute Gasteiger partial charge is 0.514 e. The van der Waals surface area contributed by atoms with Crippen LogP contribution in [0.15, 0.2) is 96.6 Å². The first-order valence-electron chi connectivity index (χ1n) is 12.7. The van der Waals surface area contributed by atoms with Gasteiger partial charge in [-0.1, -0.05) is 47.5 Å². The monoisotopic (exact) mass is 610 g/mol. The molecule has 42 heavy (non-hydrogen) atoms. The van der Waals surface area contributed by atoms with E-state index >= 15 is 0 Å². The van der Waals surface area contributed by atoms with Gasteiger partial charge < -0.3 is 9.47 Å². The van der Waals surface area contributed by atoms with Crippen LogP contribution in [0, 0.1) is 21.7 Å². The zero-order valence-electron chi connectivity index (χ0n) is 21.8. The molecule has 0 spiro atoms. The first-order valence-corrected chi connectivity index (χ1v) is 13.4. The quantitative estimate of drug-likeness (QED) is 0.0864. The number of halogens is 4. The van der Waals surface area contributed by atoms with Crippen molar-refractivity contribution >= 4 is 40.6 Å². The fourth-order valence-electron chi connectivity index (χ4n) is 4.73. The highest BCUT2D eigenvalue weighted by molar-refractivity contribution is 6.30. The SMILES string of the molecule is O=C(OCC(=C1CN(C(c2ccc(Cl)cc2)c2ccc(Cl)cc2)C1)c1cc(F)cc(F)c1)Oc1ccc([N+](=O)[O-])cc1. The molecule has 5 rings (SSSR count). The molecule has 0 bridgehead atoms. The first-order chi connectivity index (χ1) is 20.2. The molecule has 11 heteroatoms. The van der Waals surface area contributed by atoms with Gasteiger partial charge in [-0.2, -0.15) is 0 Å². The Kier molecular flexibility index (Phi) is 8.82. The van der Waals surface area contributed by atoms with E-state index in [9.17, 15) is 23.7 Å². The fourth-order valence-corrected chi connectivity index (χ4v) is 4.98. The molecule has 1 aliphatic rings. The Labute approximate surface area is 249 Å². The summed E-state index contributed by atoms with van der Waals surface area (Å²) in [6.07, 6.45) is -1.07. The molecular formula is C31H22Cl2F2N2O5. The van der Waals surface area contributed by atoms with Gasteiger partial charge >= 0.3 is 6.16 Å². The van der Waals surface area contributed by atoms with Gasteiger partial charge in [0, 0.05) is 41.3 Å². The lowest BCUT2D eigenvalue weighted by atomic mass is 9.89. The lowest BCUT2D eigenvalue weighted by molar-refractivity contribution is -0.384. The van der Waals surface area contributed by atoms with Crippen molar-refractivity contribution in [2.75, 3.05) is 19.7 Å². The Morgan fingerprint density at radius 1 is 0.857 bits per heavy atom. The van der Waals surface area contributed by atoms with Crippen LogP contribution in [0.1, 0.15) is 22.7 Å². The number of carbonyl (C=O) groups is 1. The molecule has 1 fully saturated rings. The molecule has 0 radical (unpaired) electrons. The normalized spacial score (nSPS) is 13.0. The van der Waals surface area contributed by atoms with E-state index in [4.69, 9.17) is 32.7 Å². The van der Waals surface area contributed by atoms with Gasteiger partial charge in [0.05, 0.1) is 11.0 Å². The van der Waals surface area contributed by atoms with Crippen LogP contribution in [0.2, 0.25) is 10.0 Å². The van der Waals surface area contributed by atoms with E-state index in [0.717, 1.165) is 22.8 Å². The smallest absolute Gasteiger partial charge is 0.429 e. The van der Waals surface area contributed by atoms with Gasteiger partial charge in [0.1, 0.15) is 24.0 Å². The summed E-state index contributed by atoms with van der Waals surface area (Å²) in [5.41, 5.74) is 3.30. The van der Waals surface area contributed by atoms with E-state index < -0.39 is 22.7 Å². The lowest BCUT2D eigenvalue weighted by Gasteiger charge is -2.42. The van der Waals surface area contributed by atoms with Crippen LogP contribution in [0.3, 0.4) is 0 Å². The molecule has 0 N–H and O–H groups in total. The van der Waals surface area contributed by atoms with Crippen molar-refractivity contribution in [3.63, 3.8) is 0 Å². The van der Waals surface area contributed by atoms with Gasteiger partial charge in [-0.05, 0) is 76.4 Å². The van der Waals surface area contributed by atoms with Gasteiger partial charge in [-0.3, -0.25) is 15.0 Å². The van der Waals surface area contributed by atoms with E-state index in [1.165, 1.54) is 36.4 Å². The minimum atomic E-state index is -1.07. The van der Waals surface area contributed by atoms with Crippen LogP contribution < -0.4 is 4.74 Å². The number of hydrogen-bond acceptors (Lipinski definition) is 6. The van der Waals surface area contributed by atoms with Crippen LogP contribution in [0.25, 0.3) is 5.57 Å². The Hall–Kier alpha value is -4.31. The summed E-state index contributed by atoms with van der Waals surface area (Å²) in [4.78, 5) is 24.9. The van der Waals surface area contributed by atoms with E-state index in [0.29, 0.717) is 28.7 Å². The third-order valence-electron chi connectivity index (χ3n) is 6.75. The third-order valence-corrected chi connectivity index (χ3v) is 7.25. The third kappa shape index (κ3) is 6.94. The van der Waals surface area contributed by atoms with Crippen molar-refractivity contribution in [2.24, 2.45) is 0 Å². The number of nitro benzene ring substituents is 1. The Bertz CT molecular complexity index is 1570. The van der Waals surface area contributed by atoms with E-state index in [2.05, 4.69) is 4.90 Å². The minimum Gasteiger partial charge on any atom is -0.429 e. The van der Waals surface area contributed by atoms with Gasteiger partial charge in [-0.25, -0.2) is 13.6 Å². The van der Waals surface area contributed by atoms with Crippen LogP contribution in [0.4, 0.5) is 19.3 Å². The standard InChI is InChI=1S/C31H22Cl2F2N2O5/c32-23-5-1-19(2-6-23)30(20-3-7-24(33)8-4-20)36-16-22(17-36)29(21-13-25(34)15-26(35)14-21)18-41-31(38)42-28-11-9-27(10-12-28)37(39)40/h1-15,30H,16-18H2. The molecule has 1 saturated heterocycles. The van der Waals surface area contributed by atoms with Gasteiger partial charge in [0.15, 0.2) is 0 Å². The second-order valence-corrected chi connectivity index (χ2v) is 10.4. The van der Waals surface area contributed by atoms with Crippen molar-refractivity contribution in [3.05, 3.63) is 145 Å². The second kappa shape index (κ2) is 12.7. The summed E-state index contributed by atoms with van der Waals surface area (Å²) < 4.78 is 38.8. The molecule has 0 amide bonds. The number of hydrogen-bond donors (Lipinski definition) is 0. The number of nitrogens with zero attached hydrogens (tertiary/aromatic N) is 2. The number of rotatable bonds is 8. The number of carbonyl (C=O) groups excluding carboxylic acids is 1. The highest BCUT2D eigenvalue weighted by Gasteiger charge is 2.33. The summed E-state index contributed by atoms with van der Waals surface area (Å²) in [6.45, 7) is 0.527. The first kappa shape index (κ1) is 29.2. The van der Waals surface area contributed by atoms with Crippen molar-refractivity contribution < 1.29 is 28.0 Å². The average Bonchev–Trinajstić information content (AvgIpc) is 2.93. The molecule has 4 aromatic rings. The molecule has 4 aromatic carbocycles. The van der Waals surface area contributed by atoms with E-state index in [1.54, 1.807) is 0 Å². The van der Waals surface area contributed by atoms with Crippen LogP contribution in [-0.2, 0) is 4.74 Å². The molecule has 7 nitrogen and oxygen atoms in total. The fraction of sp³-hybridized carbons (Fsp3) is 0.129. The van der Waals surface area contributed by atoms with Crippen molar-refractivity contribution in [1.29, 1.82) is 0 Å². The zero-order valence-corrected chi connectivity index (χ0v) is 23.3. The van der Waals surface area contributed by atoms with Crippen molar-refractivity contribution in [3.8, 4) is 5.75 Å². The highest BCUT2D eigenvalue weighted by atomic mass is 35.5. The van der Waals surface area contributed by atoms with Crippen LogP contribution in [0.5, 0.6) is 5.75 Å². The summed E-state index contributed by atoms with van der Waals surface area (Å²) in [5.74, 6) is -1.50. The maximum atomic E-state index is 14.2. The molecule has 0 atom stereocenters. The van der Waals surface area contributed by atoms with Crippen molar-refractivity contribution in [1.82, 2.24) is 4.90 Å². The molecule has 0 aliphatic carbocycles. The van der Waals surface area contributed by atoms with Crippen molar-refractivity contribution in [2.45, 2.75) is 6.04 Å². The highest BCUT2D eigenvalue weighted by Crippen LogP contribution is 2.38. The zero-order chi connectivity index (χ0) is 29.8. The Balaban J connectivity index is 1.38. The lowest BCUT2D eigenvalue weighted by Crippen LogP contribution is -2.44. The minimum absolute atomic E-state index is 0.0418.